The molecule has 1 heterocycles. The summed E-state index contributed by atoms with van der Waals surface area (Å²) >= 11 is 0. The van der Waals surface area contributed by atoms with Crippen LogP contribution in [0.2, 0.25) is 0 Å². The van der Waals surface area contributed by atoms with E-state index >= 15 is 0 Å². The van der Waals surface area contributed by atoms with E-state index in [0.29, 0.717) is 12.7 Å². The van der Waals surface area contributed by atoms with Crippen LogP contribution in [0.1, 0.15) is 31.4 Å². The van der Waals surface area contributed by atoms with Crippen LogP contribution in [0.5, 0.6) is 5.75 Å². The minimum Gasteiger partial charge on any atom is -0.490 e. The van der Waals surface area contributed by atoms with Gasteiger partial charge in [0.25, 0.3) is 0 Å². The van der Waals surface area contributed by atoms with Crippen LogP contribution in [-0.2, 0) is 11.3 Å². The van der Waals surface area contributed by atoms with Crippen LogP contribution in [-0.4, -0.2) is 18.9 Å². The number of hydrogen-bond donors (Lipinski definition) is 0. The molecule has 0 aromatic heterocycles. The summed E-state index contributed by atoms with van der Waals surface area (Å²) < 4.78 is 5.74. The van der Waals surface area contributed by atoms with E-state index < -0.39 is 0 Å². The van der Waals surface area contributed by atoms with Gasteiger partial charge in [-0.05, 0) is 56.0 Å². The van der Waals surface area contributed by atoms with Gasteiger partial charge < -0.3 is 9.57 Å². The van der Waals surface area contributed by atoms with Crippen LogP contribution in [0.4, 0.5) is 0 Å². The number of aryl methyl sites for hydroxylation is 1. The van der Waals surface area contributed by atoms with Crippen LogP contribution < -0.4 is 4.74 Å². The van der Waals surface area contributed by atoms with Gasteiger partial charge in [-0.3, -0.25) is 0 Å². The lowest BCUT2D eigenvalue weighted by atomic mass is 10.0. The highest BCUT2D eigenvalue weighted by molar-refractivity contribution is 5.79. The van der Waals surface area contributed by atoms with Crippen molar-refractivity contribution in [2.24, 2.45) is 5.16 Å². The Morgan fingerprint density at radius 3 is 3.25 bits per heavy atom. The average Bonchev–Trinajstić information content (AvgIpc) is 2.29. The number of fused-ring (bicyclic) bond motifs is 1. The number of benzene rings is 1. The van der Waals surface area contributed by atoms with E-state index in [9.17, 15) is 0 Å². The van der Waals surface area contributed by atoms with Crippen LogP contribution in [0.15, 0.2) is 23.4 Å². The third-order valence-corrected chi connectivity index (χ3v) is 2.64. The van der Waals surface area contributed by atoms with Gasteiger partial charge in [-0.25, -0.2) is 0 Å². The summed E-state index contributed by atoms with van der Waals surface area (Å²) in [6.45, 7) is 4.62. The average molecular weight is 219 g/mol. The zero-order valence-corrected chi connectivity index (χ0v) is 9.77. The minimum absolute atomic E-state index is 0.329. The predicted octanol–water partition coefficient (Wildman–Crippen LogP) is 2.77. The molecule has 0 fully saturated rings. The summed E-state index contributed by atoms with van der Waals surface area (Å²) in [6.07, 6.45) is 4.23. The molecule has 0 radical (unpaired) electrons. The lowest BCUT2D eigenvalue weighted by Crippen LogP contribution is -2.18. The number of ether oxygens (including phenoxy) is 1. The molecular weight excluding hydrogens is 202 g/mol. The number of nitrogens with zero attached hydrogens (tertiary/aromatic N) is 1. The Balaban J connectivity index is 2.13. The molecular formula is C13H17NO2. The fourth-order valence-corrected chi connectivity index (χ4v) is 1.80. The van der Waals surface area contributed by atoms with Gasteiger partial charge in [0.2, 0.25) is 0 Å². The summed E-state index contributed by atoms with van der Waals surface area (Å²) in [6, 6.07) is 6.13. The summed E-state index contributed by atoms with van der Waals surface area (Å²) in [5.74, 6) is 1.01. The Kier molecular flexibility index (Phi) is 3.44. The quantitative estimate of drug-likeness (QED) is 0.578. The van der Waals surface area contributed by atoms with Crippen molar-refractivity contribution in [1.29, 1.82) is 0 Å². The molecule has 0 N–H and O–H groups in total. The van der Waals surface area contributed by atoms with Gasteiger partial charge in [-0.2, -0.15) is 0 Å². The van der Waals surface area contributed by atoms with Gasteiger partial charge >= 0.3 is 0 Å². The molecule has 1 aromatic rings. The second-order valence-corrected chi connectivity index (χ2v) is 3.99. The molecule has 2 rings (SSSR count). The van der Waals surface area contributed by atoms with Crippen LogP contribution in [0.25, 0.3) is 0 Å². The maximum atomic E-state index is 5.74. The Labute approximate surface area is 96.1 Å². The zero-order chi connectivity index (χ0) is 11.4. The molecule has 1 aromatic carbocycles. The lowest BCUT2D eigenvalue weighted by Gasteiger charge is -2.23. The van der Waals surface area contributed by atoms with E-state index in [1.165, 1.54) is 5.56 Å². The molecule has 0 spiro atoms. The summed E-state index contributed by atoms with van der Waals surface area (Å²) in [4.78, 5) is 4.94. The second kappa shape index (κ2) is 5.01. The first kappa shape index (κ1) is 11.0. The van der Waals surface area contributed by atoms with Crippen LogP contribution >= 0.6 is 0 Å². The Hall–Kier alpha value is -1.51. The largest absolute Gasteiger partial charge is 0.490 e. The summed E-state index contributed by atoms with van der Waals surface area (Å²) in [5, 5.41) is 3.86. The van der Waals surface area contributed by atoms with Gasteiger partial charge in [-0.1, -0.05) is 5.16 Å². The van der Waals surface area contributed by atoms with E-state index in [-0.39, 0.29) is 0 Å². The van der Waals surface area contributed by atoms with Gasteiger partial charge in [-0.15, -0.1) is 0 Å². The first-order valence-corrected chi connectivity index (χ1v) is 5.74. The molecule has 0 amide bonds. The van der Waals surface area contributed by atoms with Gasteiger partial charge in [0, 0.05) is 0 Å². The zero-order valence-electron chi connectivity index (χ0n) is 9.77. The third kappa shape index (κ3) is 2.54. The van der Waals surface area contributed by atoms with E-state index in [1.54, 1.807) is 6.21 Å². The number of oxime groups is 1. The first-order chi connectivity index (χ1) is 7.79. The van der Waals surface area contributed by atoms with Crippen LogP contribution in [0.3, 0.4) is 0 Å². The van der Waals surface area contributed by atoms with Crippen molar-refractivity contribution in [2.75, 3.05) is 6.61 Å². The van der Waals surface area contributed by atoms with E-state index in [2.05, 4.69) is 18.1 Å². The Bertz CT molecular complexity index is 388. The smallest absolute Gasteiger partial charge is 0.122 e. The van der Waals surface area contributed by atoms with Crippen molar-refractivity contribution in [2.45, 2.75) is 32.8 Å². The van der Waals surface area contributed by atoms with Crippen molar-refractivity contribution in [1.82, 2.24) is 0 Å². The molecule has 1 aliphatic heterocycles. The summed E-state index contributed by atoms with van der Waals surface area (Å²) in [7, 11) is 0. The molecule has 1 unspecified atom stereocenters. The number of rotatable bonds is 3. The molecule has 0 aliphatic carbocycles. The SMILES string of the molecule is CCO/N=C/c1ccc2c(c1)CCC(C)O2. The van der Waals surface area contributed by atoms with Crippen LogP contribution in [0, 0.1) is 0 Å². The maximum absolute atomic E-state index is 5.74. The molecule has 0 bridgehead atoms. The van der Waals surface area contributed by atoms with Crippen molar-refractivity contribution in [3.05, 3.63) is 29.3 Å². The first-order valence-electron chi connectivity index (χ1n) is 5.74. The van der Waals surface area contributed by atoms with Gasteiger partial charge in [0.1, 0.15) is 12.4 Å². The van der Waals surface area contributed by atoms with E-state index in [0.717, 1.165) is 24.2 Å². The highest BCUT2D eigenvalue weighted by Gasteiger charge is 2.15. The number of hydrogen-bond acceptors (Lipinski definition) is 3. The summed E-state index contributed by atoms with van der Waals surface area (Å²) in [5.41, 5.74) is 2.32. The fourth-order valence-electron chi connectivity index (χ4n) is 1.80. The monoisotopic (exact) mass is 219 g/mol. The topological polar surface area (TPSA) is 30.8 Å². The van der Waals surface area contributed by atoms with Gasteiger partial charge in [0.05, 0.1) is 12.3 Å². The second-order valence-electron chi connectivity index (χ2n) is 3.99. The highest BCUT2D eigenvalue weighted by atomic mass is 16.6. The fraction of sp³-hybridized carbons (Fsp3) is 0.462. The molecule has 3 nitrogen and oxygen atoms in total. The minimum atomic E-state index is 0.329. The third-order valence-electron chi connectivity index (χ3n) is 2.64. The molecule has 3 heteroatoms. The standard InChI is InChI=1S/C13H17NO2/c1-3-15-14-9-11-5-7-13-12(8-11)6-4-10(2)16-13/h5,7-10H,3-4,6H2,1-2H3/b14-9+. The molecule has 0 saturated carbocycles. The molecule has 1 aliphatic rings. The maximum Gasteiger partial charge on any atom is 0.122 e. The van der Waals surface area contributed by atoms with Crippen molar-refractivity contribution in [3.63, 3.8) is 0 Å². The molecule has 0 saturated heterocycles. The molecule has 1 atom stereocenters. The normalized spacial score (nSPS) is 19.2. The Morgan fingerprint density at radius 2 is 2.44 bits per heavy atom. The van der Waals surface area contributed by atoms with Crippen molar-refractivity contribution >= 4 is 6.21 Å². The van der Waals surface area contributed by atoms with Crippen molar-refractivity contribution < 1.29 is 9.57 Å². The predicted molar refractivity (Wildman–Crippen MR) is 64.1 cm³/mol. The van der Waals surface area contributed by atoms with E-state index in [1.807, 2.05) is 19.1 Å². The Morgan fingerprint density at radius 1 is 1.56 bits per heavy atom. The molecule has 86 valence electrons. The van der Waals surface area contributed by atoms with E-state index in [4.69, 9.17) is 9.57 Å². The van der Waals surface area contributed by atoms with Crippen molar-refractivity contribution in [3.8, 4) is 5.75 Å². The lowest BCUT2D eigenvalue weighted by molar-refractivity contribution is 0.160. The van der Waals surface area contributed by atoms with Gasteiger partial charge in [0.15, 0.2) is 0 Å². The highest BCUT2D eigenvalue weighted by Crippen LogP contribution is 2.27. The molecule has 16 heavy (non-hydrogen) atoms.